The summed E-state index contributed by atoms with van der Waals surface area (Å²) < 4.78 is 0. The van der Waals surface area contributed by atoms with Gasteiger partial charge in [0.1, 0.15) is 0 Å². The van der Waals surface area contributed by atoms with E-state index in [1.165, 1.54) is 0 Å². The van der Waals surface area contributed by atoms with Gasteiger partial charge in [0, 0.05) is 12.5 Å². The fourth-order valence-corrected chi connectivity index (χ4v) is 1.91. The molecule has 2 unspecified atom stereocenters. The first-order valence-corrected chi connectivity index (χ1v) is 4.87. The largest absolute Gasteiger partial charge is 0.355 e. The summed E-state index contributed by atoms with van der Waals surface area (Å²) in [4.78, 5) is 11.3. The molecule has 1 saturated heterocycles. The molecule has 2 rings (SSSR count). The highest BCUT2D eigenvalue weighted by molar-refractivity contribution is 5.83. The van der Waals surface area contributed by atoms with Crippen molar-refractivity contribution in [2.45, 2.75) is 18.4 Å². The topological polar surface area (TPSA) is 55.1 Å². The van der Waals surface area contributed by atoms with E-state index in [-0.39, 0.29) is 11.8 Å². The van der Waals surface area contributed by atoms with Crippen molar-refractivity contribution >= 4 is 5.91 Å². The summed E-state index contributed by atoms with van der Waals surface area (Å²) in [6, 6.07) is 9.60. The van der Waals surface area contributed by atoms with Gasteiger partial charge < -0.3 is 11.1 Å². The highest BCUT2D eigenvalue weighted by atomic mass is 16.2. The normalized spacial score (nSPS) is 27.1. The van der Waals surface area contributed by atoms with Crippen molar-refractivity contribution in [2.75, 3.05) is 6.54 Å². The third kappa shape index (κ3) is 1.63. The maximum absolute atomic E-state index is 11.3. The minimum atomic E-state index is -0.397. The summed E-state index contributed by atoms with van der Waals surface area (Å²) in [5, 5.41) is 2.77. The van der Waals surface area contributed by atoms with Crippen LogP contribution in [0.2, 0.25) is 0 Å². The number of carbonyl (C=O) groups is 1. The smallest absolute Gasteiger partial charge is 0.237 e. The molecule has 2 atom stereocenters. The van der Waals surface area contributed by atoms with Gasteiger partial charge in [-0.15, -0.1) is 0 Å². The lowest BCUT2D eigenvalue weighted by atomic mass is 9.86. The van der Waals surface area contributed by atoms with E-state index in [1.54, 1.807) is 0 Å². The average Bonchev–Trinajstić information content (AvgIpc) is 2.23. The molecule has 14 heavy (non-hydrogen) atoms. The SMILES string of the molecule is NC1C(=O)NCCC1c1ccccc1. The Morgan fingerprint density at radius 2 is 2.00 bits per heavy atom. The number of nitrogens with two attached hydrogens (primary N) is 1. The summed E-state index contributed by atoms with van der Waals surface area (Å²) in [7, 11) is 0. The second-order valence-corrected chi connectivity index (χ2v) is 3.62. The first kappa shape index (κ1) is 9.21. The van der Waals surface area contributed by atoms with Crippen molar-refractivity contribution in [1.82, 2.24) is 5.32 Å². The van der Waals surface area contributed by atoms with Crippen LogP contribution in [0.5, 0.6) is 0 Å². The summed E-state index contributed by atoms with van der Waals surface area (Å²) in [6.45, 7) is 0.728. The van der Waals surface area contributed by atoms with E-state index in [2.05, 4.69) is 5.32 Å². The summed E-state index contributed by atoms with van der Waals surface area (Å²) in [6.07, 6.45) is 0.928. The number of carbonyl (C=O) groups excluding carboxylic acids is 1. The number of amides is 1. The molecule has 1 fully saturated rings. The molecular formula is C11H14N2O. The van der Waals surface area contributed by atoms with Gasteiger partial charge >= 0.3 is 0 Å². The van der Waals surface area contributed by atoms with Gasteiger partial charge in [-0.25, -0.2) is 0 Å². The van der Waals surface area contributed by atoms with Crippen LogP contribution in [0.3, 0.4) is 0 Å². The van der Waals surface area contributed by atoms with Crippen LogP contribution in [-0.4, -0.2) is 18.5 Å². The van der Waals surface area contributed by atoms with Crippen molar-refractivity contribution in [3.8, 4) is 0 Å². The van der Waals surface area contributed by atoms with Crippen LogP contribution < -0.4 is 11.1 Å². The van der Waals surface area contributed by atoms with Gasteiger partial charge in [0.15, 0.2) is 0 Å². The zero-order chi connectivity index (χ0) is 9.97. The molecule has 0 saturated carbocycles. The van der Waals surface area contributed by atoms with Crippen molar-refractivity contribution in [1.29, 1.82) is 0 Å². The minimum Gasteiger partial charge on any atom is -0.355 e. The predicted octanol–water partition coefficient (Wildman–Crippen LogP) is 0.617. The van der Waals surface area contributed by atoms with Crippen LogP contribution in [0.1, 0.15) is 17.9 Å². The number of hydrogen-bond donors (Lipinski definition) is 2. The minimum absolute atomic E-state index is 0.0369. The molecular weight excluding hydrogens is 176 g/mol. The van der Waals surface area contributed by atoms with Crippen LogP contribution in [0.15, 0.2) is 30.3 Å². The highest BCUT2D eigenvalue weighted by Gasteiger charge is 2.29. The second kappa shape index (κ2) is 3.80. The van der Waals surface area contributed by atoms with Gasteiger partial charge in [0.2, 0.25) is 5.91 Å². The fraction of sp³-hybridized carbons (Fsp3) is 0.364. The van der Waals surface area contributed by atoms with Crippen LogP contribution in [-0.2, 0) is 4.79 Å². The Labute approximate surface area is 83.3 Å². The Morgan fingerprint density at radius 3 is 2.71 bits per heavy atom. The van der Waals surface area contributed by atoms with Gasteiger partial charge in [-0.2, -0.15) is 0 Å². The zero-order valence-corrected chi connectivity index (χ0v) is 7.94. The fourth-order valence-electron chi connectivity index (χ4n) is 1.91. The first-order valence-electron chi connectivity index (χ1n) is 4.87. The number of benzene rings is 1. The Bertz CT molecular complexity index is 323. The molecule has 1 amide bonds. The quantitative estimate of drug-likeness (QED) is 0.682. The molecule has 0 radical (unpaired) electrons. The second-order valence-electron chi connectivity index (χ2n) is 3.62. The average molecular weight is 190 g/mol. The van der Waals surface area contributed by atoms with Crippen LogP contribution in [0.4, 0.5) is 0 Å². The number of nitrogens with one attached hydrogen (secondary N) is 1. The van der Waals surface area contributed by atoms with Crippen molar-refractivity contribution in [3.05, 3.63) is 35.9 Å². The van der Waals surface area contributed by atoms with Gasteiger partial charge in [0.25, 0.3) is 0 Å². The van der Waals surface area contributed by atoms with Crippen LogP contribution in [0, 0.1) is 0 Å². The van der Waals surface area contributed by atoms with E-state index in [0.717, 1.165) is 18.5 Å². The molecule has 1 aromatic rings. The van der Waals surface area contributed by atoms with Gasteiger partial charge in [-0.3, -0.25) is 4.79 Å². The van der Waals surface area contributed by atoms with E-state index < -0.39 is 6.04 Å². The molecule has 1 aliphatic heterocycles. The Balaban J connectivity index is 2.22. The van der Waals surface area contributed by atoms with E-state index >= 15 is 0 Å². The Morgan fingerprint density at radius 1 is 1.29 bits per heavy atom. The van der Waals surface area contributed by atoms with Crippen molar-refractivity contribution in [3.63, 3.8) is 0 Å². The summed E-state index contributed by atoms with van der Waals surface area (Å²) >= 11 is 0. The summed E-state index contributed by atoms with van der Waals surface area (Å²) in [5.74, 6) is 0.134. The zero-order valence-electron chi connectivity index (χ0n) is 7.94. The maximum Gasteiger partial charge on any atom is 0.237 e. The molecule has 0 aromatic heterocycles. The van der Waals surface area contributed by atoms with Crippen molar-refractivity contribution < 1.29 is 4.79 Å². The van der Waals surface area contributed by atoms with Gasteiger partial charge in [0.05, 0.1) is 6.04 Å². The number of piperidine rings is 1. The third-order valence-electron chi connectivity index (χ3n) is 2.72. The van der Waals surface area contributed by atoms with Gasteiger partial charge in [-0.05, 0) is 12.0 Å². The van der Waals surface area contributed by atoms with E-state index in [0.29, 0.717) is 0 Å². The first-order chi connectivity index (χ1) is 6.79. The molecule has 0 spiro atoms. The lowest BCUT2D eigenvalue weighted by Crippen LogP contribution is -2.49. The van der Waals surface area contributed by atoms with Crippen LogP contribution in [0.25, 0.3) is 0 Å². The molecule has 3 heteroatoms. The van der Waals surface area contributed by atoms with Gasteiger partial charge in [-0.1, -0.05) is 30.3 Å². The lowest BCUT2D eigenvalue weighted by molar-refractivity contribution is -0.124. The van der Waals surface area contributed by atoms with Crippen LogP contribution >= 0.6 is 0 Å². The predicted molar refractivity (Wildman–Crippen MR) is 54.8 cm³/mol. The molecule has 1 aromatic carbocycles. The third-order valence-corrected chi connectivity index (χ3v) is 2.72. The lowest BCUT2D eigenvalue weighted by Gasteiger charge is -2.28. The van der Waals surface area contributed by atoms with E-state index in [1.807, 2.05) is 30.3 Å². The summed E-state index contributed by atoms with van der Waals surface area (Å²) in [5.41, 5.74) is 7.00. The standard InChI is InChI=1S/C11H14N2O/c12-10-9(6-7-13-11(10)14)8-4-2-1-3-5-8/h1-5,9-10H,6-7,12H2,(H,13,14). The Kier molecular flexibility index (Phi) is 2.50. The number of hydrogen-bond acceptors (Lipinski definition) is 2. The molecule has 74 valence electrons. The molecule has 3 N–H and O–H groups in total. The van der Waals surface area contributed by atoms with Crippen molar-refractivity contribution in [2.24, 2.45) is 5.73 Å². The molecule has 0 aliphatic carbocycles. The van der Waals surface area contributed by atoms with E-state index in [9.17, 15) is 4.79 Å². The Hall–Kier alpha value is -1.35. The molecule has 1 aliphatic rings. The monoisotopic (exact) mass is 190 g/mol. The number of rotatable bonds is 1. The molecule has 0 bridgehead atoms. The van der Waals surface area contributed by atoms with E-state index in [4.69, 9.17) is 5.73 Å². The maximum atomic E-state index is 11.3. The molecule has 3 nitrogen and oxygen atoms in total. The molecule has 1 heterocycles. The highest BCUT2D eigenvalue weighted by Crippen LogP contribution is 2.24.